The molecule has 0 unspecified atom stereocenters. The number of benzene rings is 1. The third-order valence-corrected chi connectivity index (χ3v) is 3.56. The first-order valence-corrected chi connectivity index (χ1v) is 7.36. The highest BCUT2D eigenvalue weighted by Crippen LogP contribution is 2.15. The molecule has 0 saturated carbocycles. The van der Waals surface area contributed by atoms with Gasteiger partial charge in [0.2, 0.25) is 0 Å². The van der Waals surface area contributed by atoms with Crippen molar-refractivity contribution in [3.05, 3.63) is 74.3 Å². The van der Waals surface area contributed by atoms with Crippen molar-refractivity contribution < 1.29 is 0 Å². The van der Waals surface area contributed by atoms with Gasteiger partial charge in [-0.15, -0.1) is 5.10 Å². The van der Waals surface area contributed by atoms with Crippen LogP contribution in [0.25, 0.3) is 5.69 Å². The molecule has 0 spiro atoms. The van der Waals surface area contributed by atoms with Gasteiger partial charge in [0.15, 0.2) is 0 Å². The predicted octanol–water partition coefficient (Wildman–Crippen LogP) is 1.36. The van der Waals surface area contributed by atoms with Crippen LogP contribution >= 0.6 is 0 Å². The van der Waals surface area contributed by atoms with Gasteiger partial charge in [-0.2, -0.15) is 0 Å². The zero-order valence-corrected chi connectivity index (χ0v) is 12.9. The maximum atomic E-state index is 12.0. The van der Waals surface area contributed by atoms with Crippen molar-refractivity contribution in [3.63, 3.8) is 0 Å². The first-order chi connectivity index (χ1) is 11.0. The topological polar surface area (TPSA) is 96.4 Å². The molecule has 23 heavy (non-hydrogen) atoms. The van der Waals surface area contributed by atoms with Crippen molar-refractivity contribution in [1.29, 1.82) is 0 Å². The summed E-state index contributed by atoms with van der Waals surface area (Å²) in [6.07, 6.45) is 2.14. The lowest BCUT2D eigenvalue weighted by Gasteiger charge is -2.09. The van der Waals surface area contributed by atoms with Crippen LogP contribution in [0.4, 0.5) is 0 Å². The normalized spacial score (nSPS) is 11.1. The summed E-state index contributed by atoms with van der Waals surface area (Å²) in [6, 6.07) is 9.61. The van der Waals surface area contributed by atoms with Crippen LogP contribution in [0.15, 0.2) is 46.1 Å². The van der Waals surface area contributed by atoms with Gasteiger partial charge in [-0.05, 0) is 18.1 Å². The molecule has 0 amide bonds. The summed E-state index contributed by atoms with van der Waals surface area (Å²) in [5.41, 5.74) is 1.86. The number of hydrogen-bond acceptors (Lipinski definition) is 4. The van der Waals surface area contributed by atoms with Crippen LogP contribution in [0.2, 0.25) is 0 Å². The highest BCUT2D eigenvalue weighted by Gasteiger charge is 2.15. The number of rotatable bonds is 4. The second-order valence-electron chi connectivity index (χ2n) is 5.62. The maximum absolute atomic E-state index is 12.0. The van der Waals surface area contributed by atoms with Gasteiger partial charge in [-0.25, -0.2) is 9.48 Å². The Morgan fingerprint density at radius 3 is 2.57 bits per heavy atom. The minimum Gasteiger partial charge on any atom is -0.311 e. The number of nitrogens with zero attached hydrogens (tertiary/aromatic N) is 3. The molecule has 3 aromatic rings. The maximum Gasteiger partial charge on any atom is 0.325 e. The fourth-order valence-electron chi connectivity index (χ4n) is 2.56. The summed E-state index contributed by atoms with van der Waals surface area (Å²) in [7, 11) is 0. The Morgan fingerprint density at radius 1 is 1.13 bits per heavy atom. The zero-order chi connectivity index (χ0) is 16.4. The molecule has 0 saturated heterocycles. The van der Waals surface area contributed by atoms with Crippen molar-refractivity contribution in [2.75, 3.05) is 0 Å². The highest BCUT2D eigenvalue weighted by atomic mass is 16.2. The molecule has 0 bridgehead atoms. The predicted molar refractivity (Wildman–Crippen MR) is 85.9 cm³/mol. The number of para-hydroxylation sites is 1. The van der Waals surface area contributed by atoms with Crippen molar-refractivity contribution >= 4 is 0 Å². The SMILES string of the molecule is CC(C)c1c(Cc2cn(-c3ccccc3)nn2)[nH]c(=O)[nH]c1=O. The van der Waals surface area contributed by atoms with Gasteiger partial charge < -0.3 is 4.98 Å². The molecule has 0 atom stereocenters. The Balaban J connectivity index is 1.96. The van der Waals surface area contributed by atoms with E-state index in [4.69, 9.17) is 0 Å². The first-order valence-electron chi connectivity index (χ1n) is 7.36. The van der Waals surface area contributed by atoms with Crippen LogP contribution in [0.3, 0.4) is 0 Å². The van der Waals surface area contributed by atoms with Crippen LogP contribution < -0.4 is 11.2 Å². The van der Waals surface area contributed by atoms with E-state index in [0.717, 1.165) is 5.69 Å². The monoisotopic (exact) mass is 311 g/mol. The van der Waals surface area contributed by atoms with Crippen LogP contribution in [-0.4, -0.2) is 25.0 Å². The van der Waals surface area contributed by atoms with E-state index in [0.29, 0.717) is 23.4 Å². The Bertz CT molecular complexity index is 921. The zero-order valence-electron chi connectivity index (χ0n) is 12.9. The van der Waals surface area contributed by atoms with Gasteiger partial charge in [-0.1, -0.05) is 37.3 Å². The quantitative estimate of drug-likeness (QED) is 0.760. The Hall–Kier alpha value is -2.96. The summed E-state index contributed by atoms with van der Waals surface area (Å²) in [4.78, 5) is 28.5. The molecule has 0 aliphatic rings. The molecule has 2 heterocycles. The van der Waals surface area contributed by atoms with Gasteiger partial charge in [0.1, 0.15) is 0 Å². The lowest BCUT2D eigenvalue weighted by Crippen LogP contribution is -2.29. The highest BCUT2D eigenvalue weighted by molar-refractivity contribution is 5.31. The number of nitrogens with one attached hydrogen (secondary N) is 2. The molecule has 0 radical (unpaired) electrons. The lowest BCUT2D eigenvalue weighted by molar-refractivity contribution is 0.777. The molecule has 0 aliphatic heterocycles. The summed E-state index contributed by atoms with van der Waals surface area (Å²) in [5, 5.41) is 8.22. The summed E-state index contributed by atoms with van der Waals surface area (Å²) < 4.78 is 1.66. The van der Waals surface area contributed by atoms with Crippen molar-refractivity contribution in [1.82, 2.24) is 25.0 Å². The largest absolute Gasteiger partial charge is 0.325 e. The van der Waals surface area contributed by atoms with Gasteiger partial charge in [0.25, 0.3) is 5.56 Å². The van der Waals surface area contributed by atoms with Crippen LogP contribution in [0, 0.1) is 0 Å². The molecule has 7 heteroatoms. The van der Waals surface area contributed by atoms with E-state index in [2.05, 4.69) is 20.3 Å². The van der Waals surface area contributed by atoms with E-state index in [1.54, 1.807) is 10.9 Å². The smallest absolute Gasteiger partial charge is 0.311 e. The molecule has 118 valence electrons. The molecule has 0 fully saturated rings. The van der Waals surface area contributed by atoms with E-state index in [1.807, 2.05) is 44.2 Å². The lowest BCUT2D eigenvalue weighted by atomic mass is 10.0. The molecule has 7 nitrogen and oxygen atoms in total. The molecule has 2 aromatic heterocycles. The van der Waals surface area contributed by atoms with E-state index in [-0.39, 0.29) is 11.5 Å². The van der Waals surface area contributed by atoms with Gasteiger partial charge in [-0.3, -0.25) is 9.78 Å². The van der Waals surface area contributed by atoms with Crippen LogP contribution in [0.5, 0.6) is 0 Å². The van der Waals surface area contributed by atoms with Gasteiger partial charge >= 0.3 is 5.69 Å². The van der Waals surface area contributed by atoms with E-state index in [9.17, 15) is 9.59 Å². The number of aromatic nitrogens is 5. The second-order valence-corrected chi connectivity index (χ2v) is 5.62. The number of hydrogen-bond donors (Lipinski definition) is 2. The van der Waals surface area contributed by atoms with E-state index >= 15 is 0 Å². The average molecular weight is 311 g/mol. The second kappa shape index (κ2) is 6.04. The first kappa shape index (κ1) is 15.0. The number of H-pyrrole nitrogens is 2. The minimum atomic E-state index is -0.509. The Labute approximate surface area is 132 Å². The molecular formula is C16H17N5O2. The van der Waals surface area contributed by atoms with E-state index < -0.39 is 5.69 Å². The summed E-state index contributed by atoms with van der Waals surface area (Å²) in [5.74, 6) is -0.00484. The van der Waals surface area contributed by atoms with Crippen LogP contribution in [-0.2, 0) is 6.42 Å². The molecular weight excluding hydrogens is 294 g/mol. The fourth-order valence-corrected chi connectivity index (χ4v) is 2.56. The van der Waals surface area contributed by atoms with Crippen molar-refractivity contribution in [2.24, 2.45) is 0 Å². The molecule has 0 aliphatic carbocycles. The third-order valence-electron chi connectivity index (χ3n) is 3.56. The Kier molecular flexibility index (Phi) is 3.92. The third kappa shape index (κ3) is 3.13. The van der Waals surface area contributed by atoms with Crippen molar-refractivity contribution in [3.8, 4) is 5.69 Å². The van der Waals surface area contributed by atoms with E-state index in [1.165, 1.54) is 0 Å². The standard InChI is InChI=1S/C16H17N5O2/c1-10(2)14-13(17-16(23)18-15(14)22)8-11-9-21(20-19-11)12-6-4-3-5-7-12/h3-7,9-10H,8H2,1-2H3,(H2,17,18,22,23). The summed E-state index contributed by atoms with van der Waals surface area (Å²) in [6.45, 7) is 3.82. The molecule has 1 aromatic carbocycles. The average Bonchev–Trinajstić information content (AvgIpc) is 2.95. The minimum absolute atomic E-state index is 0.00484. The van der Waals surface area contributed by atoms with Gasteiger partial charge in [0, 0.05) is 17.7 Å². The van der Waals surface area contributed by atoms with Crippen molar-refractivity contribution in [2.45, 2.75) is 26.2 Å². The molecule has 3 rings (SSSR count). The molecule has 2 N–H and O–H groups in total. The Morgan fingerprint density at radius 2 is 1.87 bits per heavy atom. The van der Waals surface area contributed by atoms with Gasteiger partial charge in [0.05, 0.1) is 17.6 Å². The van der Waals surface area contributed by atoms with Crippen LogP contribution in [0.1, 0.15) is 36.7 Å². The number of aromatic amines is 2. The fraction of sp³-hybridized carbons (Fsp3) is 0.250. The summed E-state index contributed by atoms with van der Waals surface area (Å²) >= 11 is 0.